The number of rotatable bonds is 1. The van der Waals surface area contributed by atoms with Crippen LogP contribution in [0.5, 0.6) is 0 Å². The van der Waals surface area contributed by atoms with Crippen LogP contribution in [0.3, 0.4) is 0 Å². The zero-order valence-corrected chi connectivity index (χ0v) is 7.26. The van der Waals surface area contributed by atoms with Gasteiger partial charge in [-0.3, -0.25) is 4.98 Å². The maximum absolute atomic E-state index is 4.21. The second-order valence-electron chi connectivity index (χ2n) is 2.68. The zero-order chi connectivity index (χ0) is 8.27. The number of hydrogen-bond acceptors (Lipinski definition) is 1. The number of aryl methyl sites for hydroxylation is 2. The molecule has 0 aliphatic rings. The fourth-order valence-electron chi connectivity index (χ4n) is 1.06. The van der Waals surface area contributed by atoms with Crippen LogP contribution < -0.4 is 0 Å². The first-order valence-corrected chi connectivity index (χ1v) is 3.80. The van der Waals surface area contributed by atoms with Gasteiger partial charge < -0.3 is 0 Å². The molecular formula is C10H13N. The van der Waals surface area contributed by atoms with Gasteiger partial charge in [-0.05, 0) is 38.0 Å². The molecule has 1 heteroatoms. The maximum atomic E-state index is 4.21. The largest absolute Gasteiger partial charge is 0.261 e. The summed E-state index contributed by atoms with van der Waals surface area (Å²) in [6.45, 7) is 6.12. The van der Waals surface area contributed by atoms with E-state index in [1.54, 1.807) is 0 Å². The molecule has 0 spiro atoms. The fraction of sp³-hybridized carbons (Fsp3) is 0.300. The minimum Gasteiger partial charge on any atom is -0.261 e. The Balaban J connectivity index is 3.09. The van der Waals surface area contributed by atoms with E-state index >= 15 is 0 Å². The lowest BCUT2D eigenvalue weighted by Gasteiger charge is -1.99. The van der Waals surface area contributed by atoms with Gasteiger partial charge in [0.2, 0.25) is 0 Å². The van der Waals surface area contributed by atoms with Gasteiger partial charge in [0.1, 0.15) is 0 Å². The first kappa shape index (κ1) is 7.99. The first-order chi connectivity index (χ1) is 5.24. The Hall–Kier alpha value is -1.11. The van der Waals surface area contributed by atoms with Crippen LogP contribution in [0.15, 0.2) is 18.3 Å². The van der Waals surface area contributed by atoms with Crippen molar-refractivity contribution in [2.24, 2.45) is 0 Å². The molecule has 58 valence electrons. The molecule has 0 atom stereocenters. The van der Waals surface area contributed by atoms with E-state index in [9.17, 15) is 0 Å². The Bertz CT molecular complexity index is 274. The number of aromatic nitrogens is 1. The number of nitrogens with zero attached hydrogens (tertiary/aromatic N) is 1. The van der Waals surface area contributed by atoms with E-state index in [0.29, 0.717) is 0 Å². The van der Waals surface area contributed by atoms with Crippen LogP contribution in [-0.4, -0.2) is 4.98 Å². The van der Waals surface area contributed by atoms with E-state index in [-0.39, 0.29) is 0 Å². The Labute approximate surface area is 67.8 Å². The summed E-state index contributed by atoms with van der Waals surface area (Å²) in [5.74, 6) is 0. The highest BCUT2D eigenvalue weighted by atomic mass is 14.7. The van der Waals surface area contributed by atoms with Gasteiger partial charge in [0.15, 0.2) is 0 Å². The van der Waals surface area contributed by atoms with Crippen molar-refractivity contribution in [2.45, 2.75) is 20.8 Å². The number of pyridine rings is 1. The Morgan fingerprint density at radius 2 is 2.09 bits per heavy atom. The average Bonchev–Trinajstić information content (AvgIpc) is 1.95. The molecule has 0 saturated heterocycles. The third-order valence-electron chi connectivity index (χ3n) is 1.63. The molecule has 0 radical (unpaired) electrons. The lowest BCUT2D eigenvalue weighted by molar-refractivity contribution is 1.17. The minimum atomic E-state index is 1.08. The van der Waals surface area contributed by atoms with Gasteiger partial charge in [-0.1, -0.05) is 12.2 Å². The van der Waals surface area contributed by atoms with Crippen molar-refractivity contribution in [3.63, 3.8) is 0 Å². The van der Waals surface area contributed by atoms with Crippen LogP contribution in [0.1, 0.15) is 23.7 Å². The van der Waals surface area contributed by atoms with Crippen LogP contribution in [-0.2, 0) is 0 Å². The van der Waals surface area contributed by atoms with Gasteiger partial charge in [-0.2, -0.15) is 0 Å². The predicted molar refractivity (Wildman–Crippen MR) is 48.4 cm³/mol. The molecule has 0 N–H and O–H groups in total. The molecule has 1 nitrogen and oxygen atoms in total. The zero-order valence-electron chi connectivity index (χ0n) is 7.26. The molecule has 0 fully saturated rings. The molecule has 0 aliphatic carbocycles. The van der Waals surface area contributed by atoms with Crippen LogP contribution >= 0.6 is 0 Å². The van der Waals surface area contributed by atoms with Crippen LogP contribution in [0.25, 0.3) is 6.08 Å². The Kier molecular flexibility index (Phi) is 2.42. The van der Waals surface area contributed by atoms with Crippen LogP contribution in [0, 0.1) is 13.8 Å². The van der Waals surface area contributed by atoms with Gasteiger partial charge in [0.05, 0.1) is 0 Å². The molecule has 1 aromatic rings. The molecule has 1 aromatic heterocycles. The number of hydrogen-bond donors (Lipinski definition) is 0. The molecule has 1 heterocycles. The molecular weight excluding hydrogens is 134 g/mol. The molecule has 11 heavy (non-hydrogen) atoms. The second kappa shape index (κ2) is 3.33. The topological polar surface area (TPSA) is 12.9 Å². The van der Waals surface area contributed by atoms with Gasteiger partial charge in [0.25, 0.3) is 0 Å². The summed E-state index contributed by atoms with van der Waals surface area (Å²) in [5.41, 5.74) is 3.57. The normalized spacial score (nSPS) is 10.8. The molecule has 0 unspecified atom stereocenters. The van der Waals surface area contributed by atoms with E-state index in [2.05, 4.69) is 24.1 Å². The minimum absolute atomic E-state index is 1.08. The quantitative estimate of drug-likeness (QED) is 0.595. The van der Waals surface area contributed by atoms with Crippen molar-refractivity contribution in [3.05, 3.63) is 35.2 Å². The van der Waals surface area contributed by atoms with Crippen molar-refractivity contribution < 1.29 is 0 Å². The van der Waals surface area contributed by atoms with Crippen LogP contribution in [0.2, 0.25) is 0 Å². The van der Waals surface area contributed by atoms with Gasteiger partial charge in [0, 0.05) is 11.9 Å². The third kappa shape index (κ3) is 1.90. The maximum Gasteiger partial charge on any atom is 0.0375 e. The van der Waals surface area contributed by atoms with Gasteiger partial charge in [-0.15, -0.1) is 0 Å². The summed E-state index contributed by atoms with van der Waals surface area (Å²) in [6.07, 6.45) is 6.01. The average molecular weight is 147 g/mol. The highest BCUT2D eigenvalue weighted by Crippen LogP contribution is 2.08. The summed E-state index contributed by atoms with van der Waals surface area (Å²) >= 11 is 0. The van der Waals surface area contributed by atoms with Gasteiger partial charge >= 0.3 is 0 Å². The fourth-order valence-corrected chi connectivity index (χ4v) is 1.06. The van der Waals surface area contributed by atoms with Crippen molar-refractivity contribution in [3.8, 4) is 0 Å². The third-order valence-corrected chi connectivity index (χ3v) is 1.63. The summed E-state index contributed by atoms with van der Waals surface area (Å²) in [4.78, 5) is 4.21. The van der Waals surface area contributed by atoms with E-state index in [1.165, 1.54) is 11.1 Å². The lowest BCUT2D eigenvalue weighted by atomic mass is 10.1. The molecule has 0 saturated carbocycles. The molecule has 0 aromatic carbocycles. The SMILES string of the molecule is C/C=C\c1cnc(C)cc1C. The highest BCUT2D eigenvalue weighted by molar-refractivity contribution is 5.51. The monoisotopic (exact) mass is 147 g/mol. The van der Waals surface area contributed by atoms with Crippen molar-refractivity contribution in [1.29, 1.82) is 0 Å². The highest BCUT2D eigenvalue weighted by Gasteiger charge is 1.93. The summed E-state index contributed by atoms with van der Waals surface area (Å²) in [7, 11) is 0. The van der Waals surface area contributed by atoms with E-state index in [1.807, 2.05) is 26.1 Å². The number of allylic oxidation sites excluding steroid dienone is 1. The lowest BCUT2D eigenvalue weighted by Crippen LogP contribution is -1.85. The van der Waals surface area contributed by atoms with Crippen LogP contribution in [0.4, 0.5) is 0 Å². The standard InChI is InChI=1S/C10H13N/c1-4-5-10-7-11-9(3)6-8(10)2/h4-7H,1-3H3/b5-4-. The first-order valence-electron chi connectivity index (χ1n) is 3.80. The van der Waals surface area contributed by atoms with Gasteiger partial charge in [-0.25, -0.2) is 0 Å². The van der Waals surface area contributed by atoms with E-state index in [0.717, 1.165) is 5.69 Å². The van der Waals surface area contributed by atoms with E-state index in [4.69, 9.17) is 0 Å². The molecule has 0 bridgehead atoms. The molecule has 0 aliphatic heterocycles. The van der Waals surface area contributed by atoms with E-state index < -0.39 is 0 Å². The second-order valence-corrected chi connectivity index (χ2v) is 2.68. The molecule has 0 amide bonds. The van der Waals surface area contributed by atoms with Crippen molar-refractivity contribution >= 4 is 6.08 Å². The summed E-state index contributed by atoms with van der Waals surface area (Å²) in [5, 5.41) is 0. The smallest absolute Gasteiger partial charge is 0.0375 e. The Morgan fingerprint density at radius 1 is 1.36 bits per heavy atom. The summed E-state index contributed by atoms with van der Waals surface area (Å²) < 4.78 is 0. The summed E-state index contributed by atoms with van der Waals surface area (Å²) in [6, 6.07) is 2.09. The predicted octanol–water partition coefficient (Wildman–Crippen LogP) is 2.73. The van der Waals surface area contributed by atoms with Crippen molar-refractivity contribution in [2.75, 3.05) is 0 Å². The molecule has 1 rings (SSSR count). The Morgan fingerprint density at radius 3 is 2.64 bits per heavy atom. The van der Waals surface area contributed by atoms with Crippen molar-refractivity contribution in [1.82, 2.24) is 4.98 Å².